The summed E-state index contributed by atoms with van der Waals surface area (Å²) in [7, 11) is 1.55. The number of methoxy groups -OCH3 is 1. The number of hydrogen-bond donors (Lipinski definition) is 3. The first-order valence-corrected chi connectivity index (χ1v) is 17.3. The normalized spacial score (nSPS) is 13.5. The Morgan fingerprint density at radius 2 is 0.836 bits per heavy atom. The van der Waals surface area contributed by atoms with Gasteiger partial charge in [0.05, 0.1) is 45.4 Å². The highest BCUT2D eigenvalue weighted by Crippen LogP contribution is 2.70. The van der Waals surface area contributed by atoms with Crippen LogP contribution in [-0.2, 0) is 14.9 Å². The number of rotatable bonds is 11. The molecule has 0 radical (unpaired) electrons. The molecule has 0 saturated heterocycles. The highest BCUT2D eigenvalue weighted by atomic mass is 16.7. The van der Waals surface area contributed by atoms with Crippen LogP contribution in [0.1, 0.15) is 54.2 Å². The van der Waals surface area contributed by atoms with Crippen LogP contribution < -0.4 is 14.2 Å². The average Bonchev–Trinajstić information content (AvgIpc) is 3.20. The fraction of sp³-hybridized carbons (Fsp3) is 0.114. The van der Waals surface area contributed by atoms with Gasteiger partial charge in [0, 0.05) is 23.8 Å². The van der Waals surface area contributed by atoms with Crippen molar-refractivity contribution in [2.75, 3.05) is 20.5 Å². The van der Waals surface area contributed by atoms with Gasteiger partial charge in [-0.15, -0.1) is 0 Å². The van der Waals surface area contributed by atoms with E-state index in [0.29, 0.717) is 57.6 Å². The van der Waals surface area contributed by atoms with Gasteiger partial charge in [-0.2, -0.15) is 0 Å². The van der Waals surface area contributed by atoms with Gasteiger partial charge in [-0.25, -0.2) is 14.4 Å². The first kappa shape index (κ1) is 33.9. The summed E-state index contributed by atoms with van der Waals surface area (Å²) >= 11 is 0. The molecule has 0 amide bonds. The molecule has 0 unspecified atom stereocenters. The fourth-order valence-corrected chi connectivity index (χ4v) is 7.99. The molecule has 3 aliphatic heterocycles. The van der Waals surface area contributed by atoms with Crippen LogP contribution in [0.4, 0.5) is 0 Å². The van der Waals surface area contributed by atoms with Gasteiger partial charge in [-0.3, -0.25) is 0 Å². The molecule has 0 fully saturated rings. The Kier molecular flexibility index (Phi) is 7.92. The molecule has 0 aliphatic carbocycles. The molecule has 11 heteroatoms. The second-order valence-corrected chi connectivity index (χ2v) is 13.4. The number of ether oxygens (including phenoxy) is 5. The monoisotopic (exact) mass is 734 g/mol. The minimum Gasteiger partial charge on any atom is -0.478 e. The quantitative estimate of drug-likeness (QED) is 0.0859. The highest BCUT2D eigenvalue weighted by Gasteiger charge is 2.56. The van der Waals surface area contributed by atoms with E-state index in [1.54, 1.807) is 79.9 Å². The molecule has 0 atom stereocenters. The van der Waals surface area contributed by atoms with E-state index >= 15 is 0 Å². The summed E-state index contributed by atoms with van der Waals surface area (Å²) in [5.41, 5.74) is 5.99. The lowest BCUT2D eigenvalue weighted by molar-refractivity contribution is -0.0343. The van der Waals surface area contributed by atoms with E-state index in [4.69, 9.17) is 23.7 Å². The van der Waals surface area contributed by atoms with Gasteiger partial charge < -0.3 is 39.0 Å². The van der Waals surface area contributed by atoms with E-state index in [1.165, 1.54) is 0 Å². The Bertz CT molecular complexity index is 2300. The maximum atomic E-state index is 11.7. The van der Waals surface area contributed by atoms with Crippen LogP contribution in [0.15, 0.2) is 109 Å². The molecule has 0 saturated carbocycles. The summed E-state index contributed by atoms with van der Waals surface area (Å²) in [5, 5.41) is 28.8. The van der Waals surface area contributed by atoms with Gasteiger partial charge >= 0.3 is 17.9 Å². The van der Waals surface area contributed by atoms with Crippen molar-refractivity contribution in [2.24, 2.45) is 0 Å². The largest absolute Gasteiger partial charge is 0.478 e. The Hall–Kier alpha value is -6.95. The maximum Gasteiger partial charge on any atom is 0.335 e. The molecule has 11 nitrogen and oxygen atoms in total. The highest BCUT2D eigenvalue weighted by molar-refractivity contribution is 5.93. The molecule has 272 valence electrons. The van der Waals surface area contributed by atoms with Crippen molar-refractivity contribution in [1.82, 2.24) is 0 Å². The van der Waals surface area contributed by atoms with E-state index in [2.05, 4.69) is 0 Å². The Morgan fingerprint density at radius 3 is 1.13 bits per heavy atom. The summed E-state index contributed by atoms with van der Waals surface area (Å²) in [6, 6.07) is 31.1. The van der Waals surface area contributed by atoms with Crippen molar-refractivity contribution < 1.29 is 53.4 Å². The molecule has 9 rings (SSSR count). The third-order valence-electron chi connectivity index (χ3n) is 10.4. The zero-order valence-corrected chi connectivity index (χ0v) is 29.1. The van der Waals surface area contributed by atoms with E-state index in [9.17, 15) is 29.7 Å². The minimum atomic E-state index is -1.03. The van der Waals surface area contributed by atoms with Crippen molar-refractivity contribution >= 4 is 17.9 Å². The number of hydrogen-bond acceptors (Lipinski definition) is 8. The maximum absolute atomic E-state index is 11.7. The zero-order chi connectivity index (χ0) is 38.0. The number of benzene rings is 6. The molecule has 3 N–H and O–H groups in total. The van der Waals surface area contributed by atoms with Crippen molar-refractivity contribution in [3.63, 3.8) is 0 Å². The molecular formula is C44H30O11. The van der Waals surface area contributed by atoms with Crippen LogP contribution in [0.3, 0.4) is 0 Å². The van der Waals surface area contributed by atoms with Crippen LogP contribution in [0.2, 0.25) is 0 Å². The third kappa shape index (κ3) is 5.24. The molecular weight excluding hydrogens is 704 g/mol. The van der Waals surface area contributed by atoms with Gasteiger partial charge in [0.1, 0.15) is 41.3 Å². The average molecular weight is 735 g/mol. The van der Waals surface area contributed by atoms with Crippen LogP contribution in [-0.4, -0.2) is 53.7 Å². The zero-order valence-electron chi connectivity index (χ0n) is 29.1. The van der Waals surface area contributed by atoms with E-state index in [1.807, 2.05) is 36.4 Å². The lowest BCUT2D eigenvalue weighted by atomic mass is 9.61. The topological polar surface area (TPSA) is 158 Å². The van der Waals surface area contributed by atoms with E-state index in [-0.39, 0.29) is 30.1 Å². The summed E-state index contributed by atoms with van der Waals surface area (Å²) in [6.07, 6.45) is 0.386. The Morgan fingerprint density at radius 1 is 0.509 bits per heavy atom. The number of carbonyl (C=O) groups is 3. The standard InChI is InChI=1S/C44H30O11/c1-51-22-52-21-20-44-35-32-17-14-29(23-2-8-26(9-3-23)41(45)46)38(35)53-33-18-15-30(24-4-10-27(11-5-24)42(47)48)39(36(33)44)55-34-19-16-31(40(54-32)37(34)44)25-6-12-28(13-7-25)43(49)50/h2-19H,20-22H2,1H3,(H,45,46)(H,47,48)(H,49,50). The second-order valence-electron chi connectivity index (χ2n) is 13.4. The smallest absolute Gasteiger partial charge is 0.335 e. The number of aromatic carboxylic acids is 3. The van der Waals surface area contributed by atoms with Crippen molar-refractivity contribution in [3.05, 3.63) is 143 Å². The Labute approximate surface area is 313 Å². The first-order chi connectivity index (χ1) is 26.7. The molecule has 0 spiro atoms. The van der Waals surface area contributed by atoms with E-state index in [0.717, 1.165) is 33.4 Å². The van der Waals surface area contributed by atoms with Crippen molar-refractivity contribution in [1.29, 1.82) is 0 Å². The molecule has 6 aromatic rings. The van der Waals surface area contributed by atoms with Crippen molar-refractivity contribution in [2.45, 2.75) is 11.8 Å². The van der Waals surface area contributed by atoms with Gasteiger partial charge in [-0.05, 0) is 95.9 Å². The lowest BCUT2D eigenvalue weighted by Gasteiger charge is -2.49. The second kappa shape index (κ2) is 12.9. The molecule has 55 heavy (non-hydrogen) atoms. The molecule has 0 bridgehead atoms. The van der Waals surface area contributed by atoms with E-state index < -0.39 is 23.3 Å². The van der Waals surface area contributed by atoms with Crippen LogP contribution in [0.5, 0.6) is 34.5 Å². The summed E-state index contributed by atoms with van der Waals surface area (Å²) in [6.45, 7) is 0.303. The van der Waals surface area contributed by atoms with Gasteiger partial charge in [-0.1, -0.05) is 36.4 Å². The first-order valence-electron chi connectivity index (χ1n) is 17.3. The SMILES string of the molecule is COCOCCC12c3c4ccc(-c5ccc(C(=O)O)cc5)c3Oc3ccc(-c5ccc(C(=O)O)cc5)c(c31)Oc1ccc(-c3ccc(C(=O)O)cc3)c(c12)O4. The van der Waals surface area contributed by atoms with Crippen LogP contribution >= 0.6 is 0 Å². The minimum absolute atomic E-state index is 0.0562. The molecule has 3 aliphatic rings. The summed E-state index contributed by atoms with van der Waals surface area (Å²) in [4.78, 5) is 35.2. The van der Waals surface area contributed by atoms with Gasteiger partial charge in [0.2, 0.25) is 0 Å². The van der Waals surface area contributed by atoms with Crippen molar-refractivity contribution in [3.8, 4) is 67.9 Å². The number of carboxylic acid groups (broad SMARTS) is 3. The molecule has 3 heterocycles. The Balaban J connectivity index is 1.34. The number of carboxylic acids is 3. The van der Waals surface area contributed by atoms with Gasteiger partial charge in [0.25, 0.3) is 0 Å². The predicted octanol–water partition coefficient (Wildman–Crippen LogP) is 9.44. The third-order valence-corrected chi connectivity index (χ3v) is 10.4. The van der Waals surface area contributed by atoms with Crippen LogP contribution in [0.25, 0.3) is 33.4 Å². The van der Waals surface area contributed by atoms with Gasteiger partial charge in [0.15, 0.2) is 0 Å². The molecule has 6 aromatic carbocycles. The molecule has 0 aromatic heterocycles. The summed E-state index contributed by atoms with van der Waals surface area (Å²) < 4.78 is 31.9. The lowest BCUT2D eigenvalue weighted by Crippen LogP contribution is -2.40. The predicted molar refractivity (Wildman–Crippen MR) is 199 cm³/mol. The van der Waals surface area contributed by atoms with Crippen LogP contribution in [0, 0.1) is 0 Å². The summed E-state index contributed by atoms with van der Waals surface area (Å²) in [5.74, 6) is 0.0474. The fourth-order valence-electron chi connectivity index (χ4n) is 7.99.